The highest BCUT2D eigenvalue weighted by molar-refractivity contribution is 6.27. The molecule has 16 heavy (non-hydrogen) atoms. The van der Waals surface area contributed by atoms with Gasteiger partial charge in [-0.25, -0.2) is 0 Å². The summed E-state index contributed by atoms with van der Waals surface area (Å²) in [4.78, 5) is 11.1. The van der Waals surface area contributed by atoms with Crippen LogP contribution in [-0.2, 0) is 11.2 Å². The lowest BCUT2D eigenvalue weighted by Gasteiger charge is -2.09. The first-order valence-corrected chi connectivity index (χ1v) is 5.53. The smallest absolute Gasteiger partial charge is 0.147 e. The number of rotatable bonds is 6. The van der Waals surface area contributed by atoms with Gasteiger partial charge in [-0.1, -0.05) is 6.07 Å². The minimum atomic E-state index is 0.0412. The van der Waals surface area contributed by atoms with Crippen molar-refractivity contribution in [1.82, 2.24) is 0 Å². The molecule has 0 saturated heterocycles. The molecule has 1 rings (SSSR count). The van der Waals surface area contributed by atoms with Gasteiger partial charge in [0.15, 0.2) is 0 Å². The Morgan fingerprint density at radius 2 is 2.06 bits per heavy atom. The maximum atomic E-state index is 11.1. The van der Waals surface area contributed by atoms with Gasteiger partial charge in [0.05, 0.1) is 20.1 Å². The summed E-state index contributed by atoms with van der Waals surface area (Å²) in [5, 5.41) is 0. The Hall–Kier alpha value is -1.22. The predicted octanol–water partition coefficient (Wildman–Crippen LogP) is 2.44. The zero-order chi connectivity index (χ0) is 12.0. The summed E-state index contributed by atoms with van der Waals surface area (Å²) in [6.07, 6.45) is 1.07. The van der Waals surface area contributed by atoms with E-state index >= 15 is 0 Å². The summed E-state index contributed by atoms with van der Waals surface area (Å²) >= 11 is 5.44. The molecule has 0 radical (unpaired) electrons. The molecule has 4 heteroatoms. The molecule has 0 fully saturated rings. The summed E-state index contributed by atoms with van der Waals surface area (Å²) in [5.41, 5.74) is 0.988. The van der Waals surface area contributed by atoms with E-state index in [1.807, 2.05) is 12.1 Å². The molecule has 0 aliphatic heterocycles. The average molecular weight is 243 g/mol. The SMILES string of the molecule is COc1ccc(CCC(=O)CCl)c(OC)c1. The third kappa shape index (κ3) is 3.42. The maximum Gasteiger partial charge on any atom is 0.147 e. The Kier molecular flexibility index (Phi) is 5.12. The van der Waals surface area contributed by atoms with E-state index in [9.17, 15) is 4.79 Å². The number of ketones is 1. The van der Waals surface area contributed by atoms with Crippen molar-refractivity contribution < 1.29 is 14.3 Å². The molecule has 0 bridgehead atoms. The van der Waals surface area contributed by atoms with Gasteiger partial charge >= 0.3 is 0 Å². The number of carbonyl (C=O) groups excluding carboxylic acids is 1. The van der Waals surface area contributed by atoms with Gasteiger partial charge in [0.2, 0.25) is 0 Å². The highest BCUT2D eigenvalue weighted by atomic mass is 35.5. The van der Waals surface area contributed by atoms with Gasteiger partial charge in [-0.3, -0.25) is 4.79 Å². The number of hydrogen-bond acceptors (Lipinski definition) is 3. The number of Topliss-reactive ketones (excluding diaryl/α,β-unsaturated/α-hetero) is 1. The number of carbonyl (C=O) groups is 1. The van der Waals surface area contributed by atoms with E-state index in [0.717, 1.165) is 17.1 Å². The molecule has 88 valence electrons. The number of hydrogen-bond donors (Lipinski definition) is 0. The first kappa shape index (κ1) is 12.8. The fraction of sp³-hybridized carbons (Fsp3) is 0.417. The van der Waals surface area contributed by atoms with Crippen LogP contribution in [0, 0.1) is 0 Å². The van der Waals surface area contributed by atoms with Gasteiger partial charge in [-0.2, -0.15) is 0 Å². The van der Waals surface area contributed by atoms with E-state index < -0.39 is 0 Å². The lowest BCUT2D eigenvalue weighted by atomic mass is 10.1. The molecular weight excluding hydrogens is 228 g/mol. The third-order valence-corrected chi connectivity index (χ3v) is 2.61. The third-order valence-electron chi connectivity index (χ3n) is 2.32. The second-order valence-electron chi connectivity index (χ2n) is 3.35. The molecule has 0 N–H and O–H groups in total. The Morgan fingerprint density at radius 1 is 1.31 bits per heavy atom. The van der Waals surface area contributed by atoms with Crippen LogP contribution in [0.2, 0.25) is 0 Å². The van der Waals surface area contributed by atoms with Crippen LogP contribution in [0.25, 0.3) is 0 Å². The van der Waals surface area contributed by atoms with E-state index in [1.54, 1.807) is 20.3 Å². The van der Waals surface area contributed by atoms with Crippen molar-refractivity contribution in [2.75, 3.05) is 20.1 Å². The van der Waals surface area contributed by atoms with Gasteiger partial charge in [0, 0.05) is 12.5 Å². The van der Waals surface area contributed by atoms with Gasteiger partial charge < -0.3 is 9.47 Å². The molecule has 0 aromatic heterocycles. The normalized spacial score (nSPS) is 9.94. The van der Waals surface area contributed by atoms with Crippen molar-refractivity contribution in [3.63, 3.8) is 0 Å². The molecule has 0 saturated carbocycles. The minimum Gasteiger partial charge on any atom is -0.497 e. The molecule has 1 aromatic carbocycles. The first-order chi connectivity index (χ1) is 7.71. The molecule has 0 amide bonds. The van der Waals surface area contributed by atoms with Crippen molar-refractivity contribution in [2.24, 2.45) is 0 Å². The lowest BCUT2D eigenvalue weighted by molar-refractivity contribution is -0.116. The van der Waals surface area contributed by atoms with E-state index in [1.165, 1.54) is 0 Å². The second kappa shape index (κ2) is 6.38. The Labute approximate surface area is 100 Å². The van der Waals surface area contributed by atoms with Gasteiger partial charge in [-0.05, 0) is 18.1 Å². The van der Waals surface area contributed by atoms with Gasteiger partial charge in [0.1, 0.15) is 17.3 Å². The fourth-order valence-corrected chi connectivity index (χ4v) is 1.53. The molecule has 0 unspecified atom stereocenters. The highest BCUT2D eigenvalue weighted by Crippen LogP contribution is 2.25. The zero-order valence-corrected chi connectivity index (χ0v) is 10.2. The quantitative estimate of drug-likeness (QED) is 0.719. The largest absolute Gasteiger partial charge is 0.497 e. The summed E-state index contributed by atoms with van der Waals surface area (Å²) in [6, 6.07) is 5.56. The van der Waals surface area contributed by atoms with E-state index in [0.29, 0.717) is 12.8 Å². The topological polar surface area (TPSA) is 35.5 Å². The molecule has 1 aromatic rings. The molecule has 3 nitrogen and oxygen atoms in total. The zero-order valence-electron chi connectivity index (χ0n) is 9.46. The van der Waals surface area contributed by atoms with Crippen molar-refractivity contribution >= 4 is 17.4 Å². The monoisotopic (exact) mass is 242 g/mol. The Morgan fingerprint density at radius 3 is 2.62 bits per heavy atom. The van der Waals surface area contributed by atoms with Crippen LogP contribution in [0.15, 0.2) is 18.2 Å². The van der Waals surface area contributed by atoms with Gasteiger partial charge in [-0.15, -0.1) is 11.6 Å². The van der Waals surface area contributed by atoms with Crippen molar-refractivity contribution in [1.29, 1.82) is 0 Å². The van der Waals surface area contributed by atoms with Crippen LogP contribution < -0.4 is 9.47 Å². The molecule has 0 aliphatic carbocycles. The summed E-state index contributed by atoms with van der Waals surface area (Å²) < 4.78 is 10.3. The van der Waals surface area contributed by atoms with Crippen molar-refractivity contribution in [3.8, 4) is 11.5 Å². The first-order valence-electron chi connectivity index (χ1n) is 4.99. The molecular formula is C12H15ClO3. The van der Waals surface area contributed by atoms with Crippen LogP contribution >= 0.6 is 11.6 Å². The summed E-state index contributed by atoms with van der Waals surface area (Å²) in [7, 11) is 3.20. The number of alkyl halides is 1. The summed E-state index contributed by atoms with van der Waals surface area (Å²) in [5.74, 6) is 1.59. The van der Waals surface area contributed by atoms with E-state index in [4.69, 9.17) is 21.1 Å². The van der Waals surface area contributed by atoms with E-state index in [-0.39, 0.29) is 11.7 Å². The molecule has 0 atom stereocenters. The van der Waals surface area contributed by atoms with Crippen molar-refractivity contribution in [2.45, 2.75) is 12.8 Å². The number of halogens is 1. The number of ether oxygens (including phenoxy) is 2. The summed E-state index contributed by atoms with van der Waals surface area (Å²) in [6.45, 7) is 0. The lowest BCUT2D eigenvalue weighted by Crippen LogP contribution is -2.02. The number of aryl methyl sites for hydroxylation is 1. The van der Waals surface area contributed by atoms with Crippen LogP contribution in [-0.4, -0.2) is 25.9 Å². The van der Waals surface area contributed by atoms with Crippen LogP contribution in [0.5, 0.6) is 11.5 Å². The van der Waals surface area contributed by atoms with Crippen LogP contribution in [0.4, 0.5) is 0 Å². The van der Waals surface area contributed by atoms with Gasteiger partial charge in [0.25, 0.3) is 0 Å². The standard InChI is InChI=1S/C12H15ClO3/c1-15-11-6-4-9(12(7-11)16-2)3-5-10(14)8-13/h4,6-7H,3,5,8H2,1-2H3. The fourth-order valence-electron chi connectivity index (χ4n) is 1.40. The molecule has 0 heterocycles. The highest BCUT2D eigenvalue weighted by Gasteiger charge is 2.07. The predicted molar refractivity (Wildman–Crippen MR) is 63.6 cm³/mol. The Bertz CT molecular complexity index is 363. The Balaban J connectivity index is 2.75. The average Bonchev–Trinajstić information content (AvgIpc) is 2.35. The number of methoxy groups -OCH3 is 2. The molecule has 0 spiro atoms. The van der Waals surface area contributed by atoms with Crippen LogP contribution in [0.1, 0.15) is 12.0 Å². The number of benzene rings is 1. The maximum absolute atomic E-state index is 11.1. The van der Waals surface area contributed by atoms with Crippen LogP contribution in [0.3, 0.4) is 0 Å². The minimum absolute atomic E-state index is 0.0412. The van der Waals surface area contributed by atoms with E-state index in [2.05, 4.69) is 0 Å². The van der Waals surface area contributed by atoms with Crippen molar-refractivity contribution in [3.05, 3.63) is 23.8 Å². The second-order valence-corrected chi connectivity index (χ2v) is 3.62. The molecule has 0 aliphatic rings.